The fourth-order valence-corrected chi connectivity index (χ4v) is 1.75. The zero-order valence-electron chi connectivity index (χ0n) is 9.44. The number of carboxylic acid groups (broad SMARTS) is 1. The second-order valence-corrected chi connectivity index (χ2v) is 3.85. The Morgan fingerprint density at radius 2 is 2.31 bits per heavy atom. The van der Waals surface area contributed by atoms with E-state index in [1.807, 2.05) is 4.90 Å². The number of carbonyl (C=O) groups excluding carboxylic acids is 1. The molecular formula is C10H18N2O4. The van der Waals surface area contributed by atoms with Crippen LogP contribution in [0.15, 0.2) is 0 Å². The summed E-state index contributed by atoms with van der Waals surface area (Å²) in [6, 6.07) is -0.0833. The van der Waals surface area contributed by atoms with Crippen molar-refractivity contribution in [3.63, 3.8) is 0 Å². The number of nitrogens with zero attached hydrogens (tertiary/aromatic N) is 1. The van der Waals surface area contributed by atoms with Crippen molar-refractivity contribution < 1.29 is 19.4 Å². The van der Waals surface area contributed by atoms with Gasteiger partial charge in [0, 0.05) is 32.6 Å². The monoisotopic (exact) mass is 230 g/mol. The van der Waals surface area contributed by atoms with Crippen LogP contribution in [0.1, 0.15) is 13.3 Å². The number of carboxylic acids is 1. The van der Waals surface area contributed by atoms with Crippen LogP contribution in [0.4, 0.5) is 0 Å². The summed E-state index contributed by atoms with van der Waals surface area (Å²) in [5.41, 5.74) is 0. The van der Waals surface area contributed by atoms with E-state index in [0.29, 0.717) is 26.3 Å². The molecule has 1 saturated heterocycles. The van der Waals surface area contributed by atoms with Gasteiger partial charge in [-0.25, -0.2) is 0 Å². The van der Waals surface area contributed by atoms with Crippen LogP contribution in [0.5, 0.6) is 0 Å². The molecule has 0 aliphatic carbocycles. The average Bonchev–Trinajstić information content (AvgIpc) is 2.19. The van der Waals surface area contributed by atoms with Crippen molar-refractivity contribution in [1.82, 2.24) is 10.2 Å². The van der Waals surface area contributed by atoms with E-state index in [0.717, 1.165) is 6.54 Å². The largest absolute Gasteiger partial charge is 0.481 e. The number of carbonyl (C=O) groups is 2. The summed E-state index contributed by atoms with van der Waals surface area (Å²) in [5, 5.41) is 11.4. The molecule has 1 fully saturated rings. The van der Waals surface area contributed by atoms with Crippen LogP contribution < -0.4 is 5.32 Å². The molecule has 1 unspecified atom stereocenters. The summed E-state index contributed by atoms with van der Waals surface area (Å²) in [7, 11) is 0. The zero-order valence-corrected chi connectivity index (χ0v) is 9.44. The molecule has 0 aromatic heterocycles. The molecule has 1 rings (SSSR count). The minimum Gasteiger partial charge on any atom is -0.481 e. The maximum atomic E-state index is 10.7. The number of hydrogen-bond donors (Lipinski definition) is 2. The first-order valence-electron chi connectivity index (χ1n) is 5.37. The van der Waals surface area contributed by atoms with Crippen molar-refractivity contribution >= 4 is 11.9 Å². The first-order chi connectivity index (χ1) is 7.59. The standard InChI is InChI=1S/C10H18N2O4/c1-8(13)11-2-3-12-4-5-16-7-9(12)6-10(14)15/h9H,2-7H2,1H3,(H,11,13)(H,14,15). The summed E-state index contributed by atoms with van der Waals surface area (Å²) in [6.45, 7) is 4.47. The lowest BCUT2D eigenvalue weighted by Crippen LogP contribution is -2.49. The van der Waals surface area contributed by atoms with Crippen molar-refractivity contribution in [3.05, 3.63) is 0 Å². The highest BCUT2D eigenvalue weighted by atomic mass is 16.5. The molecule has 1 atom stereocenters. The van der Waals surface area contributed by atoms with Gasteiger partial charge in [0.05, 0.1) is 19.6 Å². The van der Waals surface area contributed by atoms with Crippen molar-refractivity contribution in [2.75, 3.05) is 32.8 Å². The van der Waals surface area contributed by atoms with E-state index in [1.54, 1.807) is 0 Å². The van der Waals surface area contributed by atoms with Gasteiger partial charge < -0.3 is 15.2 Å². The van der Waals surface area contributed by atoms with Crippen LogP contribution in [0, 0.1) is 0 Å². The molecule has 0 saturated carbocycles. The molecule has 92 valence electrons. The number of nitrogens with one attached hydrogen (secondary N) is 1. The topological polar surface area (TPSA) is 78.9 Å². The Balaban J connectivity index is 2.34. The Bertz CT molecular complexity index is 257. The fourth-order valence-electron chi connectivity index (χ4n) is 1.75. The zero-order chi connectivity index (χ0) is 12.0. The van der Waals surface area contributed by atoms with Gasteiger partial charge in [-0.05, 0) is 0 Å². The molecule has 6 nitrogen and oxygen atoms in total. The van der Waals surface area contributed by atoms with Gasteiger partial charge in [-0.3, -0.25) is 14.5 Å². The highest BCUT2D eigenvalue weighted by Gasteiger charge is 2.24. The van der Waals surface area contributed by atoms with E-state index in [9.17, 15) is 9.59 Å². The Hall–Kier alpha value is -1.14. The number of morpholine rings is 1. The molecule has 1 aliphatic heterocycles. The van der Waals surface area contributed by atoms with Gasteiger partial charge in [0.1, 0.15) is 0 Å². The van der Waals surface area contributed by atoms with Gasteiger partial charge in [0.2, 0.25) is 5.91 Å². The molecule has 0 bridgehead atoms. The van der Waals surface area contributed by atoms with E-state index in [2.05, 4.69) is 5.32 Å². The maximum Gasteiger partial charge on any atom is 0.305 e. The quantitative estimate of drug-likeness (QED) is 0.653. The third-order valence-electron chi connectivity index (χ3n) is 2.53. The Morgan fingerprint density at radius 3 is 2.94 bits per heavy atom. The SMILES string of the molecule is CC(=O)NCCN1CCOCC1CC(=O)O. The van der Waals surface area contributed by atoms with Crippen molar-refractivity contribution in [2.24, 2.45) is 0 Å². The Labute approximate surface area is 94.6 Å². The van der Waals surface area contributed by atoms with Crippen molar-refractivity contribution in [2.45, 2.75) is 19.4 Å². The number of amides is 1. The Kier molecular flexibility index (Phi) is 5.21. The van der Waals surface area contributed by atoms with E-state index in [-0.39, 0.29) is 18.4 Å². The van der Waals surface area contributed by atoms with Gasteiger partial charge >= 0.3 is 5.97 Å². The second kappa shape index (κ2) is 6.44. The second-order valence-electron chi connectivity index (χ2n) is 3.85. The van der Waals surface area contributed by atoms with E-state index < -0.39 is 5.97 Å². The van der Waals surface area contributed by atoms with Gasteiger partial charge in [-0.2, -0.15) is 0 Å². The molecule has 1 heterocycles. The first-order valence-corrected chi connectivity index (χ1v) is 5.37. The smallest absolute Gasteiger partial charge is 0.305 e. The summed E-state index contributed by atoms with van der Waals surface area (Å²) in [6.07, 6.45) is 0.0834. The van der Waals surface area contributed by atoms with Crippen LogP contribution in [0.2, 0.25) is 0 Å². The third-order valence-corrected chi connectivity index (χ3v) is 2.53. The highest BCUT2D eigenvalue weighted by molar-refractivity contribution is 5.72. The summed E-state index contributed by atoms with van der Waals surface area (Å²) in [4.78, 5) is 23.4. The predicted molar refractivity (Wildman–Crippen MR) is 57.1 cm³/mol. The summed E-state index contributed by atoms with van der Waals surface area (Å²) < 4.78 is 5.25. The van der Waals surface area contributed by atoms with E-state index in [4.69, 9.17) is 9.84 Å². The van der Waals surface area contributed by atoms with Crippen LogP contribution in [-0.4, -0.2) is 60.8 Å². The lowest BCUT2D eigenvalue weighted by molar-refractivity contribution is -0.140. The molecule has 6 heteroatoms. The van der Waals surface area contributed by atoms with Crippen LogP contribution in [0.25, 0.3) is 0 Å². The number of rotatable bonds is 5. The predicted octanol–water partition coefficient (Wildman–Crippen LogP) is -0.702. The summed E-state index contributed by atoms with van der Waals surface area (Å²) >= 11 is 0. The maximum absolute atomic E-state index is 10.7. The number of hydrogen-bond acceptors (Lipinski definition) is 4. The molecule has 16 heavy (non-hydrogen) atoms. The molecule has 0 aromatic carbocycles. The van der Waals surface area contributed by atoms with Crippen LogP contribution in [0.3, 0.4) is 0 Å². The fraction of sp³-hybridized carbons (Fsp3) is 0.800. The van der Waals surface area contributed by atoms with Crippen LogP contribution >= 0.6 is 0 Å². The van der Waals surface area contributed by atoms with Gasteiger partial charge in [-0.1, -0.05) is 0 Å². The van der Waals surface area contributed by atoms with Gasteiger partial charge in [0.15, 0.2) is 0 Å². The van der Waals surface area contributed by atoms with Crippen molar-refractivity contribution in [1.29, 1.82) is 0 Å². The normalized spacial score (nSPS) is 21.7. The molecule has 0 spiro atoms. The van der Waals surface area contributed by atoms with Gasteiger partial charge in [0.25, 0.3) is 0 Å². The molecular weight excluding hydrogens is 212 g/mol. The number of aliphatic carboxylic acids is 1. The number of ether oxygens (including phenoxy) is 1. The van der Waals surface area contributed by atoms with Crippen LogP contribution in [-0.2, 0) is 14.3 Å². The molecule has 2 N–H and O–H groups in total. The Morgan fingerprint density at radius 1 is 1.56 bits per heavy atom. The van der Waals surface area contributed by atoms with Crippen molar-refractivity contribution in [3.8, 4) is 0 Å². The molecule has 1 aliphatic rings. The van der Waals surface area contributed by atoms with E-state index in [1.165, 1.54) is 6.92 Å². The summed E-state index contributed by atoms with van der Waals surface area (Å²) in [5.74, 6) is -0.886. The highest BCUT2D eigenvalue weighted by Crippen LogP contribution is 2.09. The van der Waals surface area contributed by atoms with E-state index >= 15 is 0 Å². The minimum absolute atomic E-state index is 0.0666. The minimum atomic E-state index is -0.819. The van der Waals surface area contributed by atoms with Gasteiger partial charge in [-0.15, -0.1) is 0 Å². The third kappa shape index (κ3) is 4.59. The first kappa shape index (κ1) is 12.9. The molecule has 1 amide bonds. The average molecular weight is 230 g/mol. The molecule has 0 aromatic rings. The molecule has 0 radical (unpaired) electrons. The lowest BCUT2D eigenvalue weighted by atomic mass is 10.1. The lowest BCUT2D eigenvalue weighted by Gasteiger charge is -2.34.